The van der Waals surface area contributed by atoms with Gasteiger partial charge in [0.2, 0.25) is 0 Å². The number of benzene rings is 1. The summed E-state index contributed by atoms with van der Waals surface area (Å²) >= 11 is 0. The van der Waals surface area contributed by atoms with Crippen molar-refractivity contribution in [2.45, 2.75) is 70.2 Å². The predicted octanol–water partition coefficient (Wildman–Crippen LogP) is 5.35. The van der Waals surface area contributed by atoms with E-state index in [-0.39, 0.29) is 11.1 Å². The normalized spacial score (nSPS) is 23.5. The van der Waals surface area contributed by atoms with E-state index >= 15 is 0 Å². The van der Waals surface area contributed by atoms with Crippen molar-refractivity contribution in [3.63, 3.8) is 0 Å². The molecule has 2 atom stereocenters. The van der Waals surface area contributed by atoms with Gasteiger partial charge in [0, 0.05) is 36.4 Å². The van der Waals surface area contributed by atoms with Gasteiger partial charge < -0.3 is 18.5 Å². The van der Waals surface area contributed by atoms with Crippen LogP contribution in [0.15, 0.2) is 16.5 Å². The smallest absolute Gasteiger partial charge is 0.192 e. The second kappa shape index (κ2) is 6.89. The number of furan rings is 1. The minimum atomic E-state index is -1.82. The van der Waals surface area contributed by atoms with Crippen molar-refractivity contribution in [1.82, 2.24) is 4.90 Å². The Balaban J connectivity index is 1.79. The molecule has 5 heteroatoms. The minimum absolute atomic E-state index is 0.218. The third-order valence-electron chi connectivity index (χ3n) is 7.15. The second-order valence-electron chi connectivity index (χ2n) is 10.2. The molecule has 2 heterocycles. The number of rotatable bonds is 3. The molecule has 2 aromatic rings. The van der Waals surface area contributed by atoms with Gasteiger partial charge in [-0.25, -0.2) is 0 Å². The largest absolute Gasteiger partial charge is 0.493 e. The molecule has 1 aromatic carbocycles. The van der Waals surface area contributed by atoms with Crippen molar-refractivity contribution in [2.75, 3.05) is 27.2 Å². The van der Waals surface area contributed by atoms with Crippen LogP contribution in [0.25, 0.3) is 11.0 Å². The zero-order valence-electron chi connectivity index (χ0n) is 18.5. The van der Waals surface area contributed by atoms with E-state index in [0.717, 1.165) is 49.4 Å². The zero-order chi connectivity index (χ0) is 20.3. The first-order valence-electron chi connectivity index (χ1n) is 10.6. The summed E-state index contributed by atoms with van der Waals surface area (Å²) in [6.07, 6.45) is 3.25. The van der Waals surface area contributed by atoms with Gasteiger partial charge in [0.25, 0.3) is 0 Å². The van der Waals surface area contributed by atoms with Crippen LogP contribution in [0.2, 0.25) is 18.1 Å². The molecule has 0 bridgehead atoms. The fourth-order valence-electron chi connectivity index (χ4n) is 4.62. The number of likely N-dealkylation sites (N-methyl/N-ethyl adjacent to an activating group) is 1. The van der Waals surface area contributed by atoms with Gasteiger partial charge in [-0.05, 0) is 49.7 Å². The van der Waals surface area contributed by atoms with Crippen LogP contribution in [-0.4, -0.2) is 46.6 Å². The molecule has 28 heavy (non-hydrogen) atoms. The summed E-state index contributed by atoms with van der Waals surface area (Å²) in [6, 6.07) is 4.29. The molecule has 4 nitrogen and oxygen atoms in total. The van der Waals surface area contributed by atoms with E-state index in [9.17, 15) is 0 Å². The molecule has 1 aliphatic heterocycles. The number of hydrogen-bond acceptors (Lipinski definition) is 4. The second-order valence-corrected chi connectivity index (χ2v) is 15.0. The van der Waals surface area contributed by atoms with Crippen LogP contribution in [-0.2, 0) is 17.3 Å². The fraction of sp³-hybridized carbons (Fsp3) is 0.652. The topological polar surface area (TPSA) is 34.8 Å². The lowest BCUT2D eigenvalue weighted by molar-refractivity contribution is 0.136. The molecule has 1 aliphatic carbocycles. The van der Waals surface area contributed by atoms with Gasteiger partial charge in [0.15, 0.2) is 19.6 Å². The predicted molar refractivity (Wildman–Crippen MR) is 117 cm³/mol. The number of hydrogen-bond donors (Lipinski definition) is 0. The minimum Gasteiger partial charge on any atom is -0.493 e. The Kier molecular flexibility index (Phi) is 4.92. The summed E-state index contributed by atoms with van der Waals surface area (Å²) < 4.78 is 19.0. The van der Waals surface area contributed by atoms with Gasteiger partial charge in [-0.15, -0.1) is 0 Å². The molecule has 4 rings (SSSR count). The summed E-state index contributed by atoms with van der Waals surface area (Å²) in [6.45, 7) is 13.8. The van der Waals surface area contributed by atoms with E-state index < -0.39 is 8.32 Å². The monoisotopic (exact) mass is 401 g/mol. The van der Waals surface area contributed by atoms with Crippen LogP contribution in [0.5, 0.6) is 5.75 Å². The van der Waals surface area contributed by atoms with Gasteiger partial charge in [0.05, 0.1) is 13.2 Å². The van der Waals surface area contributed by atoms with Crippen molar-refractivity contribution in [1.29, 1.82) is 0 Å². The van der Waals surface area contributed by atoms with Gasteiger partial charge in [-0.3, -0.25) is 0 Å². The molecule has 0 saturated heterocycles. The molecule has 154 valence electrons. The Morgan fingerprint density at radius 3 is 2.64 bits per heavy atom. The van der Waals surface area contributed by atoms with Crippen LogP contribution < -0.4 is 4.74 Å². The maximum atomic E-state index is 6.84. The van der Waals surface area contributed by atoms with E-state index in [0.29, 0.717) is 5.92 Å². The average Bonchev–Trinajstić information content (AvgIpc) is 2.96. The molecule has 2 unspecified atom stereocenters. The molecule has 2 aliphatic rings. The lowest BCUT2D eigenvalue weighted by Gasteiger charge is -2.42. The van der Waals surface area contributed by atoms with Crippen molar-refractivity contribution < 1.29 is 13.6 Å². The highest BCUT2D eigenvalue weighted by Gasteiger charge is 2.42. The third-order valence-corrected chi connectivity index (χ3v) is 11.7. The molecule has 0 saturated carbocycles. The highest BCUT2D eigenvalue weighted by Crippen LogP contribution is 2.47. The molecule has 0 amide bonds. The highest BCUT2D eigenvalue weighted by molar-refractivity contribution is 6.74. The number of ether oxygens (including phenoxy) is 1. The summed E-state index contributed by atoms with van der Waals surface area (Å²) in [7, 11) is 2.16. The van der Waals surface area contributed by atoms with Crippen molar-refractivity contribution in [3.8, 4) is 5.75 Å². The number of nitrogens with zero attached hydrogens (tertiary/aromatic N) is 1. The molecule has 0 N–H and O–H groups in total. The van der Waals surface area contributed by atoms with Gasteiger partial charge in [-0.2, -0.15) is 0 Å². The molecule has 0 fully saturated rings. The van der Waals surface area contributed by atoms with E-state index in [4.69, 9.17) is 13.6 Å². The Morgan fingerprint density at radius 2 is 1.96 bits per heavy atom. The third kappa shape index (κ3) is 3.31. The standard InChI is InChI=1S/C23H35NO3Si/c1-23(2,3)28(6,7)27-17-12-16-14-24(4)11-10-15-8-9-18(25-5)22-21(15)20(16)19(13-17)26-22/h8-9,16-17H,10-14H2,1-7H3. The Bertz CT molecular complexity index is 880. The lowest BCUT2D eigenvalue weighted by Crippen LogP contribution is -2.46. The first-order chi connectivity index (χ1) is 13.1. The first kappa shape index (κ1) is 20.0. The Labute approximate surface area is 170 Å². The highest BCUT2D eigenvalue weighted by atomic mass is 28.4. The Morgan fingerprint density at radius 1 is 1.21 bits per heavy atom. The van der Waals surface area contributed by atoms with Gasteiger partial charge in [-0.1, -0.05) is 26.8 Å². The van der Waals surface area contributed by atoms with Crippen molar-refractivity contribution in [2.24, 2.45) is 0 Å². The molecular weight excluding hydrogens is 366 g/mol. The quantitative estimate of drug-likeness (QED) is 0.650. The van der Waals surface area contributed by atoms with Crippen LogP contribution >= 0.6 is 0 Å². The number of methoxy groups -OCH3 is 1. The first-order valence-corrected chi connectivity index (χ1v) is 13.5. The SMILES string of the molecule is COc1ccc2c3c4c(oc13)CC(O[Si](C)(C)C(C)(C)C)CC4CN(C)CC2. The summed E-state index contributed by atoms with van der Waals surface area (Å²) in [5, 5.41) is 1.54. The van der Waals surface area contributed by atoms with Gasteiger partial charge >= 0.3 is 0 Å². The summed E-state index contributed by atoms with van der Waals surface area (Å²) in [4.78, 5) is 2.47. The maximum absolute atomic E-state index is 6.84. The summed E-state index contributed by atoms with van der Waals surface area (Å²) in [5.74, 6) is 2.43. The van der Waals surface area contributed by atoms with E-state index in [1.807, 2.05) is 0 Å². The fourth-order valence-corrected chi connectivity index (χ4v) is 5.99. The molecule has 0 radical (unpaired) electrons. The summed E-state index contributed by atoms with van der Waals surface area (Å²) in [5.41, 5.74) is 3.75. The van der Waals surface area contributed by atoms with E-state index in [1.54, 1.807) is 7.11 Å². The molecule has 1 aromatic heterocycles. The van der Waals surface area contributed by atoms with E-state index in [2.05, 4.69) is 57.9 Å². The van der Waals surface area contributed by atoms with E-state index in [1.165, 1.54) is 16.5 Å². The maximum Gasteiger partial charge on any atom is 0.192 e. The van der Waals surface area contributed by atoms with Crippen molar-refractivity contribution >= 4 is 19.3 Å². The van der Waals surface area contributed by atoms with Crippen molar-refractivity contribution in [3.05, 3.63) is 29.0 Å². The van der Waals surface area contributed by atoms with Crippen LogP contribution in [0.4, 0.5) is 0 Å². The molecule has 0 spiro atoms. The average molecular weight is 402 g/mol. The van der Waals surface area contributed by atoms with Crippen LogP contribution in [0.1, 0.15) is 50.0 Å². The van der Waals surface area contributed by atoms with Gasteiger partial charge in [0.1, 0.15) is 5.76 Å². The lowest BCUT2D eigenvalue weighted by atomic mass is 9.81. The Hall–Kier alpha value is -1.30. The van der Waals surface area contributed by atoms with Crippen LogP contribution in [0.3, 0.4) is 0 Å². The zero-order valence-corrected chi connectivity index (χ0v) is 19.5. The van der Waals surface area contributed by atoms with Crippen LogP contribution in [0, 0.1) is 0 Å². The molecular formula is C23H35NO3Si.